The maximum absolute atomic E-state index is 12.6. The number of benzene rings is 2. The van der Waals surface area contributed by atoms with Crippen LogP contribution in [0.1, 0.15) is 17.6 Å². The number of halogens is 2. The van der Waals surface area contributed by atoms with Crippen LogP contribution < -0.4 is 0 Å². The van der Waals surface area contributed by atoms with Crippen LogP contribution in [0.15, 0.2) is 36.4 Å². The van der Waals surface area contributed by atoms with Crippen molar-refractivity contribution in [3.05, 3.63) is 47.5 Å². The summed E-state index contributed by atoms with van der Waals surface area (Å²) in [6, 6.07) is 10.5. The number of hydrogen-bond acceptors (Lipinski definition) is 0. The van der Waals surface area contributed by atoms with E-state index in [9.17, 15) is 8.78 Å². The largest absolute Gasteiger partial charge is 0.264 e. The Morgan fingerprint density at radius 3 is 2.57 bits per heavy atom. The molecule has 0 amide bonds. The van der Waals surface area contributed by atoms with Crippen LogP contribution in [0.4, 0.5) is 8.78 Å². The maximum Gasteiger partial charge on any atom is 0.264 e. The summed E-state index contributed by atoms with van der Waals surface area (Å²) in [5.41, 5.74) is 1.20. The van der Waals surface area contributed by atoms with Crippen LogP contribution in [0.5, 0.6) is 0 Å². The van der Waals surface area contributed by atoms with Crippen LogP contribution in [0.2, 0.25) is 0 Å². The Morgan fingerprint density at radius 1 is 1.07 bits per heavy atom. The van der Waals surface area contributed by atoms with Crippen LogP contribution >= 0.6 is 0 Å². The highest BCUT2D eigenvalue weighted by molar-refractivity contribution is 5.86. The fraction of sp³-hybridized carbons (Fsp3) is 0.167. The lowest BCUT2D eigenvalue weighted by Gasteiger charge is -2.05. The maximum atomic E-state index is 12.6. The van der Waals surface area contributed by atoms with E-state index in [1.165, 1.54) is 6.07 Å². The smallest absolute Gasteiger partial charge is 0.205 e. The Labute approximate surface area is 81.2 Å². The first-order valence-corrected chi connectivity index (χ1v) is 4.46. The third-order valence-electron chi connectivity index (χ3n) is 2.30. The number of fused-ring (bicyclic) bond motifs is 1. The van der Waals surface area contributed by atoms with E-state index in [2.05, 4.69) is 0 Å². The van der Waals surface area contributed by atoms with Gasteiger partial charge in [-0.05, 0) is 17.7 Å². The molecule has 0 fully saturated rings. The molecule has 2 aromatic rings. The Bertz CT molecular complexity index is 461. The van der Waals surface area contributed by atoms with E-state index in [1.807, 2.05) is 25.1 Å². The van der Waals surface area contributed by atoms with Gasteiger partial charge in [-0.1, -0.05) is 42.0 Å². The highest BCUT2D eigenvalue weighted by Gasteiger charge is 2.10. The van der Waals surface area contributed by atoms with Gasteiger partial charge in [0, 0.05) is 5.56 Å². The second-order valence-corrected chi connectivity index (χ2v) is 3.37. The van der Waals surface area contributed by atoms with Crippen LogP contribution in [0.25, 0.3) is 10.8 Å². The average molecular weight is 192 g/mol. The highest BCUT2D eigenvalue weighted by atomic mass is 19.3. The van der Waals surface area contributed by atoms with E-state index < -0.39 is 6.43 Å². The van der Waals surface area contributed by atoms with Gasteiger partial charge in [0.25, 0.3) is 6.43 Å². The summed E-state index contributed by atoms with van der Waals surface area (Å²) in [5, 5.41) is 1.52. The number of alkyl halides is 2. The van der Waals surface area contributed by atoms with Crippen molar-refractivity contribution in [1.82, 2.24) is 0 Å². The molecular formula is C12H10F2. The zero-order valence-corrected chi connectivity index (χ0v) is 7.80. The molecule has 0 aliphatic carbocycles. The molecule has 0 atom stereocenters. The fourth-order valence-corrected chi connectivity index (χ4v) is 1.62. The van der Waals surface area contributed by atoms with Crippen molar-refractivity contribution in [1.29, 1.82) is 0 Å². The van der Waals surface area contributed by atoms with Crippen molar-refractivity contribution in [2.24, 2.45) is 0 Å². The summed E-state index contributed by atoms with van der Waals surface area (Å²) in [6.07, 6.45) is -2.40. The minimum atomic E-state index is -2.40. The van der Waals surface area contributed by atoms with E-state index >= 15 is 0 Å². The molecule has 0 spiro atoms. The van der Waals surface area contributed by atoms with Crippen LogP contribution in [-0.4, -0.2) is 0 Å². The predicted octanol–water partition coefficient (Wildman–Crippen LogP) is 4.09. The minimum Gasteiger partial charge on any atom is -0.205 e. The number of hydrogen-bond donors (Lipinski definition) is 0. The molecule has 0 unspecified atom stereocenters. The standard InChI is InChI=1S/C12H10F2/c1-8-5-6-10-9(7-8)3-2-4-11(10)12(13)14/h2-7,12H,1H3. The topological polar surface area (TPSA) is 0 Å². The zero-order chi connectivity index (χ0) is 10.1. The van der Waals surface area contributed by atoms with Gasteiger partial charge in [-0.25, -0.2) is 8.78 Å². The molecule has 0 aliphatic rings. The van der Waals surface area contributed by atoms with Crippen molar-refractivity contribution in [3.63, 3.8) is 0 Å². The predicted molar refractivity (Wildman–Crippen MR) is 53.6 cm³/mol. The Hall–Kier alpha value is -1.44. The summed E-state index contributed by atoms with van der Waals surface area (Å²) in [7, 11) is 0. The number of aryl methyl sites for hydroxylation is 1. The molecule has 0 heterocycles. The van der Waals surface area contributed by atoms with Crippen molar-refractivity contribution in [3.8, 4) is 0 Å². The van der Waals surface area contributed by atoms with Crippen molar-refractivity contribution in [2.45, 2.75) is 13.3 Å². The molecule has 0 bridgehead atoms. The zero-order valence-electron chi connectivity index (χ0n) is 7.80. The SMILES string of the molecule is Cc1ccc2c(C(F)F)cccc2c1. The van der Waals surface area contributed by atoms with Gasteiger partial charge in [0.1, 0.15) is 0 Å². The molecule has 0 aromatic heterocycles. The average Bonchev–Trinajstić information content (AvgIpc) is 2.16. The summed E-state index contributed by atoms with van der Waals surface area (Å²) in [4.78, 5) is 0. The normalized spacial score (nSPS) is 11.1. The minimum absolute atomic E-state index is 0.113. The molecule has 2 rings (SSSR count). The molecule has 0 nitrogen and oxygen atoms in total. The summed E-state index contributed by atoms with van der Waals surface area (Å²) in [6.45, 7) is 1.95. The molecule has 14 heavy (non-hydrogen) atoms. The molecule has 0 aliphatic heterocycles. The Kier molecular flexibility index (Phi) is 2.20. The van der Waals surface area contributed by atoms with Gasteiger partial charge in [0.05, 0.1) is 0 Å². The van der Waals surface area contributed by atoms with E-state index in [4.69, 9.17) is 0 Å². The molecular weight excluding hydrogens is 182 g/mol. The van der Waals surface area contributed by atoms with Crippen molar-refractivity contribution in [2.75, 3.05) is 0 Å². The van der Waals surface area contributed by atoms with E-state index in [0.29, 0.717) is 5.39 Å². The van der Waals surface area contributed by atoms with Crippen molar-refractivity contribution >= 4 is 10.8 Å². The third-order valence-corrected chi connectivity index (χ3v) is 2.30. The third kappa shape index (κ3) is 1.48. The lowest BCUT2D eigenvalue weighted by atomic mass is 10.0. The summed E-state index contributed by atoms with van der Waals surface area (Å²) in [5.74, 6) is 0. The van der Waals surface area contributed by atoms with Gasteiger partial charge >= 0.3 is 0 Å². The van der Waals surface area contributed by atoms with Crippen LogP contribution in [0, 0.1) is 6.92 Å². The van der Waals surface area contributed by atoms with E-state index in [-0.39, 0.29) is 5.56 Å². The summed E-state index contributed by atoms with van der Waals surface area (Å²) >= 11 is 0. The first-order valence-electron chi connectivity index (χ1n) is 4.46. The quantitative estimate of drug-likeness (QED) is 0.638. The highest BCUT2D eigenvalue weighted by Crippen LogP contribution is 2.27. The second kappa shape index (κ2) is 3.37. The molecule has 0 radical (unpaired) electrons. The van der Waals surface area contributed by atoms with Gasteiger partial charge in [0.15, 0.2) is 0 Å². The van der Waals surface area contributed by atoms with Gasteiger partial charge in [0.2, 0.25) is 0 Å². The molecule has 0 saturated heterocycles. The fourth-order valence-electron chi connectivity index (χ4n) is 1.62. The first kappa shape index (κ1) is 9.13. The summed E-state index contributed by atoms with van der Waals surface area (Å²) < 4.78 is 25.2. The monoisotopic (exact) mass is 192 g/mol. The van der Waals surface area contributed by atoms with Gasteiger partial charge in [-0.3, -0.25) is 0 Å². The van der Waals surface area contributed by atoms with Gasteiger partial charge < -0.3 is 0 Å². The van der Waals surface area contributed by atoms with Gasteiger partial charge in [-0.15, -0.1) is 0 Å². The molecule has 2 heteroatoms. The molecule has 0 saturated carbocycles. The van der Waals surface area contributed by atoms with Crippen LogP contribution in [-0.2, 0) is 0 Å². The van der Waals surface area contributed by atoms with Gasteiger partial charge in [-0.2, -0.15) is 0 Å². The van der Waals surface area contributed by atoms with E-state index in [1.54, 1.807) is 12.1 Å². The Morgan fingerprint density at radius 2 is 1.86 bits per heavy atom. The van der Waals surface area contributed by atoms with E-state index in [0.717, 1.165) is 10.9 Å². The van der Waals surface area contributed by atoms with Crippen LogP contribution in [0.3, 0.4) is 0 Å². The molecule has 2 aromatic carbocycles. The second-order valence-electron chi connectivity index (χ2n) is 3.37. The first-order chi connectivity index (χ1) is 6.68. The Balaban J connectivity index is 2.75. The lowest BCUT2D eigenvalue weighted by Crippen LogP contribution is -1.86. The van der Waals surface area contributed by atoms with Crippen molar-refractivity contribution < 1.29 is 8.78 Å². The molecule has 0 N–H and O–H groups in total. The number of rotatable bonds is 1. The molecule has 72 valence electrons. The lowest BCUT2D eigenvalue weighted by molar-refractivity contribution is 0.153.